The summed E-state index contributed by atoms with van der Waals surface area (Å²) < 4.78 is 54.2. The molecular formula is C23H19ClF2N2O4. The monoisotopic (exact) mass is 463 g/mol. The van der Waals surface area contributed by atoms with E-state index in [1.54, 1.807) is 0 Å². The molecule has 0 spiro atoms. The van der Waals surface area contributed by atoms with Gasteiger partial charge in [0.05, 0.1) is 1.37 Å². The number of aryl methyl sites for hydroxylation is 1. The predicted molar refractivity (Wildman–Crippen MR) is 111 cm³/mol. The van der Waals surface area contributed by atoms with Crippen LogP contribution in [0.5, 0.6) is 0 Å². The molecule has 1 fully saturated rings. The Hall–Kier alpha value is -3.13. The summed E-state index contributed by atoms with van der Waals surface area (Å²) in [6, 6.07) is 5.33. The molecule has 3 amide bonds. The van der Waals surface area contributed by atoms with Gasteiger partial charge < -0.3 is 4.90 Å². The van der Waals surface area contributed by atoms with E-state index in [9.17, 15) is 28.0 Å². The summed E-state index contributed by atoms with van der Waals surface area (Å²) >= 11 is 5.70. The summed E-state index contributed by atoms with van der Waals surface area (Å²) in [4.78, 5) is 50.1. The highest BCUT2D eigenvalue weighted by atomic mass is 35.5. The van der Waals surface area contributed by atoms with Crippen LogP contribution in [0, 0.1) is 0 Å². The topological polar surface area (TPSA) is 83.6 Å². The fraction of sp³-hybridized carbons (Fsp3) is 0.304. The van der Waals surface area contributed by atoms with E-state index in [4.69, 9.17) is 15.7 Å². The zero-order valence-electron chi connectivity index (χ0n) is 19.6. The highest BCUT2D eigenvalue weighted by Crippen LogP contribution is 2.32. The molecule has 9 heteroatoms. The first kappa shape index (κ1) is 18.4. The smallest absolute Gasteiger partial charge is 0.322 e. The Bertz CT molecular complexity index is 1250. The van der Waals surface area contributed by atoms with Crippen LogP contribution in [0.15, 0.2) is 42.4 Å². The number of Topliss-reactive ketones (excluding diaryl/α,β-unsaturated/α-hetero) is 1. The number of imide groups is 1. The van der Waals surface area contributed by atoms with E-state index in [2.05, 4.69) is 5.32 Å². The van der Waals surface area contributed by atoms with Gasteiger partial charge in [-0.25, -0.2) is 0 Å². The van der Waals surface area contributed by atoms with Crippen molar-refractivity contribution in [3.63, 3.8) is 0 Å². The molecular weight excluding hydrogens is 442 g/mol. The molecule has 1 atom stereocenters. The summed E-state index contributed by atoms with van der Waals surface area (Å²) in [5.74, 6) is -7.28. The van der Waals surface area contributed by atoms with Crippen LogP contribution in [0.2, 0.25) is 5.02 Å². The van der Waals surface area contributed by atoms with Gasteiger partial charge in [-0.05, 0) is 42.1 Å². The largest absolute Gasteiger partial charge is 0.330 e. The number of hydrogen-bond donors (Lipinski definition) is 1. The summed E-state index contributed by atoms with van der Waals surface area (Å²) in [5, 5.41) is 2.37. The number of fused-ring (bicyclic) bond motifs is 1. The summed E-state index contributed by atoms with van der Waals surface area (Å²) in [6.07, 6.45) is -3.67. The molecule has 1 unspecified atom stereocenters. The first-order chi connectivity index (χ1) is 16.3. The SMILES string of the molecule is [2H]c1cc2c(cc1C([2H])([2H])CC(=O)C(F)(F)c1ccc(Cl)cc1)CN(C1CCC(=O)NC1=O)C2=O. The average molecular weight is 464 g/mol. The molecule has 1 saturated heterocycles. The maximum Gasteiger partial charge on any atom is 0.330 e. The summed E-state index contributed by atoms with van der Waals surface area (Å²) in [7, 11) is 0. The Morgan fingerprint density at radius 1 is 1.25 bits per heavy atom. The van der Waals surface area contributed by atoms with E-state index in [0.29, 0.717) is 5.56 Å². The maximum atomic E-state index is 14.7. The molecule has 0 saturated carbocycles. The van der Waals surface area contributed by atoms with Crippen molar-refractivity contribution in [1.29, 1.82) is 0 Å². The van der Waals surface area contributed by atoms with Crippen molar-refractivity contribution in [2.75, 3.05) is 0 Å². The zero-order valence-corrected chi connectivity index (χ0v) is 17.3. The molecule has 2 aromatic carbocycles. The third kappa shape index (κ3) is 4.14. The van der Waals surface area contributed by atoms with Crippen molar-refractivity contribution in [2.45, 2.75) is 44.1 Å². The number of carbonyl (C=O) groups is 4. The highest BCUT2D eigenvalue weighted by molar-refractivity contribution is 6.30. The van der Waals surface area contributed by atoms with Gasteiger partial charge in [0.2, 0.25) is 17.6 Å². The molecule has 2 heterocycles. The van der Waals surface area contributed by atoms with E-state index in [0.717, 1.165) is 18.2 Å². The van der Waals surface area contributed by atoms with Gasteiger partial charge in [0.25, 0.3) is 5.91 Å². The Morgan fingerprint density at radius 3 is 2.66 bits per heavy atom. The lowest BCUT2D eigenvalue weighted by Crippen LogP contribution is -2.52. The number of carbonyl (C=O) groups excluding carboxylic acids is 4. The van der Waals surface area contributed by atoms with Crippen molar-refractivity contribution in [3.8, 4) is 0 Å². The number of piperidine rings is 1. The van der Waals surface area contributed by atoms with Crippen LogP contribution in [0.25, 0.3) is 0 Å². The molecule has 166 valence electrons. The number of rotatable bonds is 6. The van der Waals surface area contributed by atoms with Gasteiger partial charge >= 0.3 is 5.92 Å². The van der Waals surface area contributed by atoms with E-state index >= 15 is 0 Å². The minimum atomic E-state index is -3.98. The predicted octanol–water partition coefficient (Wildman–Crippen LogP) is 3.39. The molecule has 0 aliphatic carbocycles. The van der Waals surface area contributed by atoms with Crippen LogP contribution in [0.1, 0.15) is 50.4 Å². The molecule has 6 nitrogen and oxygen atoms in total. The third-order valence-electron chi connectivity index (χ3n) is 5.45. The lowest BCUT2D eigenvalue weighted by Gasteiger charge is -2.29. The first-order valence-electron chi connectivity index (χ1n) is 11.3. The maximum absolute atomic E-state index is 14.7. The average Bonchev–Trinajstić information content (AvgIpc) is 3.08. The van der Waals surface area contributed by atoms with E-state index < -0.39 is 59.9 Å². The van der Waals surface area contributed by atoms with Crippen LogP contribution < -0.4 is 5.32 Å². The number of alkyl halides is 2. The van der Waals surface area contributed by atoms with Gasteiger partial charge in [0.1, 0.15) is 6.04 Å². The van der Waals surface area contributed by atoms with E-state index in [1.165, 1.54) is 23.1 Å². The lowest BCUT2D eigenvalue weighted by atomic mass is 9.97. The molecule has 2 aliphatic rings. The molecule has 0 aromatic heterocycles. The molecule has 1 N–H and O–H groups in total. The Morgan fingerprint density at radius 2 is 1.97 bits per heavy atom. The number of hydrogen-bond acceptors (Lipinski definition) is 4. The van der Waals surface area contributed by atoms with Gasteiger partial charge in [0, 0.05) is 38.3 Å². The zero-order chi connectivity index (χ0) is 25.7. The fourth-order valence-corrected chi connectivity index (χ4v) is 3.84. The minimum Gasteiger partial charge on any atom is -0.322 e. The van der Waals surface area contributed by atoms with Crippen molar-refractivity contribution < 1.29 is 32.1 Å². The van der Waals surface area contributed by atoms with Gasteiger partial charge in [-0.3, -0.25) is 24.5 Å². The van der Waals surface area contributed by atoms with E-state index in [-0.39, 0.29) is 35.5 Å². The molecule has 0 radical (unpaired) electrons. The molecule has 4 rings (SSSR count). The van der Waals surface area contributed by atoms with Crippen LogP contribution in [-0.2, 0) is 33.2 Å². The number of benzene rings is 2. The van der Waals surface area contributed by atoms with Crippen LogP contribution in [0.4, 0.5) is 8.78 Å². The molecule has 0 bridgehead atoms. The van der Waals surface area contributed by atoms with Crippen molar-refractivity contribution in [2.24, 2.45) is 0 Å². The molecule has 2 aromatic rings. The molecule has 32 heavy (non-hydrogen) atoms. The Kier molecular flexibility index (Phi) is 4.86. The highest BCUT2D eigenvalue weighted by Gasteiger charge is 2.41. The normalized spacial score (nSPS) is 20.3. The van der Waals surface area contributed by atoms with E-state index in [1.807, 2.05) is 0 Å². The second kappa shape index (κ2) is 8.43. The van der Waals surface area contributed by atoms with Crippen molar-refractivity contribution in [1.82, 2.24) is 10.2 Å². The van der Waals surface area contributed by atoms with Gasteiger partial charge in [-0.15, -0.1) is 0 Å². The lowest BCUT2D eigenvalue weighted by molar-refractivity contribution is -0.144. The number of ketones is 1. The quantitative estimate of drug-likeness (QED) is 0.665. The standard InChI is InChI=1S/C23H19ClF2N2O4/c24-16-5-3-15(4-6-16)23(25,26)19(29)9-2-13-1-7-17-14(11-13)12-28(22(17)32)18-8-10-20(30)27-21(18)31/h1,3-7,11,18H,2,8-10,12H2,(H,27,30,31)/i1D,2D2. The van der Waals surface area contributed by atoms with Crippen LogP contribution in [0.3, 0.4) is 0 Å². The minimum absolute atomic E-state index is 0.0535. The van der Waals surface area contributed by atoms with Gasteiger partial charge in [-0.1, -0.05) is 35.8 Å². The van der Waals surface area contributed by atoms with Crippen molar-refractivity contribution in [3.05, 3.63) is 69.7 Å². The van der Waals surface area contributed by atoms with Crippen LogP contribution in [-0.4, -0.2) is 34.4 Å². The second-order valence-electron chi connectivity index (χ2n) is 7.54. The summed E-state index contributed by atoms with van der Waals surface area (Å²) in [5.41, 5.74) is -0.578. The first-order valence-corrected chi connectivity index (χ1v) is 10.1. The molecule has 2 aliphatic heterocycles. The summed E-state index contributed by atoms with van der Waals surface area (Å²) in [6.45, 7) is -0.0846. The van der Waals surface area contributed by atoms with Crippen LogP contribution >= 0.6 is 11.6 Å². The number of nitrogens with zero attached hydrogens (tertiary/aromatic N) is 1. The number of nitrogens with one attached hydrogen (secondary N) is 1. The van der Waals surface area contributed by atoms with Gasteiger partial charge in [-0.2, -0.15) is 8.78 Å². The second-order valence-corrected chi connectivity index (χ2v) is 7.98. The van der Waals surface area contributed by atoms with Crippen molar-refractivity contribution >= 4 is 35.1 Å². The number of amides is 3. The fourth-order valence-electron chi connectivity index (χ4n) is 3.72. The van der Waals surface area contributed by atoms with Gasteiger partial charge in [0.15, 0.2) is 0 Å². The Balaban J connectivity index is 1.58. The number of halogens is 3. The third-order valence-corrected chi connectivity index (χ3v) is 5.70. The Labute approximate surface area is 191 Å².